The first kappa shape index (κ1) is 44.6. The number of ether oxygens (including phenoxy) is 1. The number of fused-ring (bicyclic) bond motifs is 1. The Bertz CT molecular complexity index is 2160. The maximum Gasteiger partial charge on any atom is 0.407 e. The van der Waals surface area contributed by atoms with Crippen LogP contribution in [0.5, 0.6) is 0 Å². The number of likely N-dealkylation sites (tertiary alicyclic amines) is 1. The van der Waals surface area contributed by atoms with E-state index in [0.29, 0.717) is 36.0 Å². The van der Waals surface area contributed by atoms with Gasteiger partial charge in [-0.15, -0.1) is 5.10 Å². The number of amides is 4. The Balaban J connectivity index is 1.18. The highest BCUT2D eigenvalue weighted by atomic mass is 16.5. The molecule has 0 bridgehead atoms. The molecule has 3 heterocycles. The average Bonchev–Trinajstić information content (AvgIpc) is 4.04. The molecular weight excluding hydrogens is 783 g/mol. The fraction of sp³-hybridized carbons (Fsp3) is 0.523. The van der Waals surface area contributed by atoms with Crippen molar-refractivity contribution in [3.05, 3.63) is 77.9 Å². The van der Waals surface area contributed by atoms with E-state index in [2.05, 4.69) is 30.9 Å². The van der Waals surface area contributed by atoms with Crippen molar-refractivity contribution < 1.29 is 38.6 Å². The zero-order chi connectivity index (χ0) is 43.5. The van der Waals surface area contributed by atoms with Gasteiger partial charge < -0.3 is 36.1 Å². The van der Waals surface area contributed by atoms with Gasteiger partial charge in [0.25, 0.3) is 5.91 Å². The summed E-state index contributed by atoms with van der Waals surface area (Å²) in [5.74, 6) is -3.63. The van der Waals surface area contributed by atoms with E-state index in [1.54, 1.807) is 26.0 Å². The third kappa shape index (κ3) is 11.7. The molecule has 4 aromatic rings. The molecule has 2 aliphatic rings. The van der Waals surface area contributed by atoms with Gasteiger partial charge >= 0.3 is 6.09 Å². The Hall–Kier alpha value is -5.97. The molecule has 4 atom stereocenters. The molecule has 2 fully saturated rings. The molecule has 61 heavy (non-hydrogen) atoms. The summed E-state index contributed by atoms with van der Waals surface area (Å²) in [5.41, 5.74) is 7.09. The molecule has 2 aromatic heterocycles. The van der Waals surface area contributed by atoms with Crippen LogP contribution >= 0.6 is 0 Å². The molecule has 1 aliphatic heterocycles. The van der Waals surface area contributed by atoms with Crippen LogP contribution in [0.1, 0.15) is 119 Å². The number of benzene rings is 2. The number of H-pyrrole nitrogens is 1. The molecule has 17 heteroatoms. The number of para-hydroxylation sites is 1. The molecule has 0 radical (unpaired) electrons. The van der Waals surface area contributed by atoms with Gasteiger partial charge in [-0.05, 0) is 69.6 Å². The van der Waals surface area contributed by atoms with Crippen molar-refractivity contribution in [2.45, 2.75) is 121 Å². The van der Waals surface area contributed by atoms with Crippen LogP contribution in [0.15, 0.2) is 61.1 Å². The van der Waals surface area contributed by atoms with Gasteiger partial charge in [0.2, 0.25) is 17.6 Å². The van der Waals surface area contributed by atoms with Crippen molar-refractivity contribution in [3.8, 4) is 0 Å². The fourth-order valence-corrected chi connectivity index (χ4v) is 8.61. The van der Waals surface area contributed by atoms with Gasteiger partial charge in [0.15, 0.2) is 5.78 Å². The van der Waals surface area contributed by atoms with Crippen molar-refractivity contribution in [3.63, 3.8) is 0 Å². The van der Waals surface area contributed by atoms with Crippen LogP contribution in [-0.4, -0.2) is 95.5 Å². The summed E-state index contributed by atoms with van der Waals surface area (Å²) in [5, 5.41) is 24.6. The largest absolute Gasteiger partial charge is 0.445 e. The molecule has 6 rings (SSSR count). The normalized spacial score (nSPS) is 18.0. The quantitative estimate of drug-likeness (QED) is 0.0474. The summed E-state index contributed by atoms with van der Waals surface area (Å²) in [6, 6.07) is 11.6. The SMILES string of the molecule is CC(C)(O)c1cnnn1[C@H]1C[C@@H](C(=O)NC(CCCCNC(=O)OCc2ccccc2)C(=O)C(N)=O)N(C(=O)[C@H](CCC(=O)c2cccc3[nH]cnc23)CC2CCCCC2)C1. The average molecular weight is 840 g/mol. The second-order valence-electron chi connectivity index (χ2n) is 16.8. The maximum atomic E-state index is 14.9. The predicted molar refractivity (Wildman–Crippen MR) is 223 cm³/mol. The highest BCUT2D eigenvalue weighted by molar-refractivity contribution is 6.37. The number of carbonyl (C=O) groups is 6. The molecular formula is C44H57N9O8. The fourth-order valence-electron chi connectivity index (χ4n) is 8.61. The van der Waals surface area contributed by atoms with Crippen molar-refractivity contribution in [1.82, 2.24) is 40.5 Å². The number of hydrogen-bond acceptors (Lipinski definition) is 11. The van der Waals surface area contributed by atoms with E-state index in [4.69, 9.17) is 10.5 Å². The minimum Gasteiger partial charge on any atom is -0.445 e. The Morgan fingerprint density at radius 3 is 2.51 bits per heavy atom. The van der Waals surface area contributed by atoms with Crippen LogP contribution in [0, 0.1) is 11.8 Å². The van der Waals surface area contributed by atoms with Crippen molar-refractivity contribution in [2.75, 3.05) is 13.1 Å². The Labute approximate surface area is 354 Å². The number of imidazole rings is 1. The number of ketones is 2. The van der Waals surface area contributed by atoms with Gasteiger partial charge in [-0.3, -0.25) is 24.0 Å². The van der Waals surface area contributed by atoms with Gasteiger partial charge in [0.05, 0.1) is 41.3 Å². The lowest BCUT2D eigenvalue weighted by Crippen LogP contribution is -2.53. The number of Topliss-reactive ketones (excluding diaryl/α,β-unsaturated/α-hetero) is 2. The molecule has 1 saturated carbocycles. The topological polar surface area (TPSA) is 245 Å². The van der Waals surface area contributed by atoms with Gasteiger partial charge in [0, 0.05) is 37.4 Å². The second-order valence-corrected chi connectivity index (χ2v) is 16.8. The second kappa shape index (κ2) is 20.5. The number of nitrogens with one attached hydrogen (secondary N) is 3. The van der Waals surface area contributed by atoms with Crippen LogP contribution in [0.2, 0.25) is 0 Å². The molecule has 1 unspecified atom stereocenters. The monoisotopic (exact) mass is 839 g/mol. The molecule has 0 spiro atoms. The van der Waals surface area contributed by atoms with Crippen molar-refractivity contribution in [2.24, 2.45) is 17.6 Å². The van der Waals surface area contributed by atoms with E-state index in [0.717, 1.165) is 43.2 Å². The lowest BCUT2D eigenvalue weighted by Gasteiger charge is -2.32. The van der Waals surface area contributed by atoms with E-state index in [-0.39, 0.29) is 63.0 Å². The smallest absolute Gasteiger partial charge is 0.407 e. The standard InChI is InChI=1S/C44H57N9O8/c1-44(2,60)37-24-49-51-53(37)31-23-35(41(57)50-34(39(55)40(45)56)17-9-10-21-46-43(59)61-26-29-14-7-4-8-15-29)52(25-31)42(58)30(22-28-12-5-3-6-13-28)19-20-36(54)32-16-11-18-33-38(32)48-27-47-33/h4,7-8,11,14-16,18,24,27-28,30-31,34-35,60H,3,5-6,9-10,12-13,17,19-23,25-26H2,1-2H3,(H2,45,56)(H,46,59)(H,47,48)(H,50,57)/t30-,31+,34?,35+/m1/s1. The summed E-state index contributed by atoms with van der Waals surface area (Å²) < 4.78 is 6.77. The summed E-state index contributed by atoms with van der Waals surface area (Å²) in [4.78, 5) is 89.5. The zero-order valence-corrected chi connectivity index (χ0v) is 34.9. The first-order valence-corrected chi connectivity index (χ1v) is 21.3. The highest BCUT2D eigenvalue weighted by Crippen LogP contribution is 2.36. The minimum absolute atomic E-state index is 0.0411. The van der Waals surface area contributed by atoms with Crippen LogP contribution < -0.4 is 16.4 Å². The minimum atomic E-state index is -1.34. The molecule has 4 amide bonds. The van der Waals surface area contributed by atoms with Gasteiger partial charge in [0.1, 0.15) is 18.2 Å². The number of alkyl carbamates (subject to hydrolysis) is 1. The van der Waals surface area contributed by atoms with Gasteiger partial charge in [-0.1, -0.05) is 73.7 Å². The van der Waals surface area contributed by atoms with Crippen molar-refractivity contribution in [1.29, 1.82) is 0 Å². The van der Waals surface area contributed by atoms with E-state index in [1.165, 1.54) is 22.1 Å². The third-order valence-corrected chi connectivity index (χ3v) is 11.9. The van der Waals surface area contributed by atoms with E-state index < -0.39 is 53.3 Å². The Morgan fingerprint density at radius 2 is 1.77 bits per heavy atom. The predicted octanol–water partition coefficient (Wildman–Crippen LogP) is 4.41. The molecule has 1 aliphatic carbocycles. The number of carbonyl (C=O) groups excluding carboxylic acids is 6. The number of aliphatic hydroxyl groups is 1. The number of unbranched alkanes of at least 4 members (excludes halogenated alkanes) is 1. The maximum absolute atomic E-state index is 14.9. The third-order valence-electron chi connectivity index (χ3n) is 11.9. The van der Waals surface area contributed by atoms with Crippen molar-refractivity contribution >= 4 is 46.4 Å². The first-order valence-electron chi connectivity index (χ1n) is 21.3. The summed E-state index contributed by atoms with van der Waals surface area (Å²) >= 11 is 0. The van der Waals surface area contributed by atoms with E-state index in [9.17, 15) is 33.9 Å². The van der Waals surface area contributed by atoms with E-state index >= 15 is 0 Å². The zero-order valence-electron chi connectivity index (χ0n) is 34.9. The van der Waals surface area contributed by atoms with Crippen LogP contribution in [0.3, 0.4) is 0 Å². The Morgan fingerprint density at radius 1 is 1.00 bits per heavy atom. The van der Waals surface area contributed by atoms with E-state index in [1.807, 2.05) is 36.4 Å². The number of aromatic amines is 1. The molecule has 1 saturated heterocycles. The van der Waals surface area contributed by atoms with Crippen LogP contribution in [0.4, 0.5) is 4.79 Å². The lowest BCUT2D eigenvalue weighted by molar-refractivity contribution is -0.143. The Kier molecular flexibility index (Phi) is 15.0. The lowest BCUT2D eigenvalue weighted by atomic mass is 9.80. The van der Waals surface area contributed by atoms with Crippen LogP contribution in [-0.2, 0) is 36.1 Å². The number of nitrogens with two attached hydrogens (primary N) is 1. The molecule has 6 N–H and O–H groups in total. The highest BCUT2D eigenvalue weighted by Gasteiger charge is 2.45. The van der Waals surface area contributed by atoms with Gasteiger partial charge in [-0.25, -0.2) is 14.5 Å². The number of hydrogen-bond donors (Lipinski definition) is 5. The molecule has 2 aromatic carbocycles. The van der Waals surface area contributed by atoms with Crippen LogP contribution in [0.25, 0.3) is 11.0 Å². The molecule has 17 nitrogen and oxygen atoms in total. The summed E-state index contributed by atoms with van der Waals surface area (Å²) in [7, 11) is 0. The number of rotatable bonds is 20. The van der Waals surface area contributed by atoms with Gasteiger partial charge in [-0.2, -0.15) is 0 Å². The first-order chi connectivity index (χ1) is 29.3. The number of nitrogens with zero attached hydrogens (tertiary/aromatic N) is 5. The summed E-state index contributed by atoms with van der Waals surface area (Å²) in [6.07, 6.45) is 9.26. The summed E-state index contributed by atoms with van der Waals surface area (Å²) in [6.45, 7) is 3.55. The number of primary amides is 1. The number of aromatic nitrogens is 5. The molecule has 326 valence electrons.